The number of benzene rings is 1. The van der Waals surface area contributed by atoms with Crippen LogP contribution in [0.25, 0.3) is 11.0 Å². The van der Waals surface area contributed by atoms with Crippen molar-refractivity contribution in [2.24, 2.45) is 0 Å². The van der Waals surface area contributed by atoms with Crippen molar-refractivity contribution in [1.82, 2.24) is 0 Å². The van der Waals surface area contributed by atoms with Crippen molar-refractivity contribution in [3.05, 3.63) is 34.7 Å². The lowest BCUT2D eigenvalue weighted by atomic mass is 10.2. The van der Waals surface area contributed by atoms with Gasteiger partial charge in [-0.2, -0.15) is 0 Å². The van der Waals surface area contributed by atoms with E-state index in [1.165, 1.54) is 0 Å². The minimum atomic E-state index is -1.91. The highest BCUT2D eigenvalue weighted by Crippen LogP contribution is 2.30. The molecule has 1 aromatic carbocycles. The Hall–Kier alpha value is -1.54. The topological polar surface area (TPSA) is 48.7 Å². The molecule has 0 aliphatic heterocycles. The summed E-state index contributed by atoms with van der Waals surface area (Å²) in [4.78, 5) is 12.5. The molecular weight excluding hydrogens is 372 g/mol. The van der Waals surface area contributed by atoms with Crippen molar-refractivity contribution < 1.29 is 13.3 Å². The van der Waals surface area contributed by atoms with Gasteiger partial charge in [0.2, 0.25) is 8.32 Å². The van der Waals surface area contributed by atoms with E-state index in [4.69, 9.17) is 13.3 Å². The van der Waals surface area contributed by atoms with Crippen LogP contribution in [0.2, 0.25) is 36.3 Å². The Balaban J connectivity index is 2.38. The Labute approximate surface area is 165 Å². The van der Waals surface area contributed by atoms with Gasteiger partial charge >= 0.3 is 5.63 Å². The highest BCUT2D eigenvalue weighted by molar-refractivity contribution is 6.74. The minimum Gasteiger partial charge on any atom is -0.543 e. The molecule has 150 valence electrons. The van der Waals surface area contributed by atoms with E-state index in [0.29, 0.717) is 11.3 Å². The summed E-state index contributed by atoms with van der Waals surface area (Å²) >= 11 is 0. The maximum atomic E-state index is 12.5. The van der Waals surface area contributed by atoms with Crippen LogP contribution in [0.1, 0.15) is 41.5 Å². The fraction of sp³-hybridized carbons (Fsp3) is 0.571. The summed E-state index contributed by atoms with van der Waals surface area (Å²) in [6, 6.07) is 13.8. The van der Waals surface area contributed by atoms with Crippen molar-refractivity contribution in [2.45, 2.75) is 77.8 Å². The maximum Gasteiger partial charge on any atom is 0.377 e. The molecule has 0 bridgehead atoms. The molecule has 6 heteroatoms. The Morgan fingerprint density at radius 3 is 1.81 bits per heavy atom. The lowest BCUT2D eigenvalue weighted by Gasteiger charge is -2.29. The summed E-state index contributed by atoms with van der Waals surface area (Å²) in [7, 11) is -3.67. The van der Waals surface area contributed by atoms with Gasteiger partial charge in [-0.25, -0.2) is 4.79 Å². The molecule has 0 aliphatic carbocycles. The molecule has 0 spiro atoms. The first-order chi connectivity index (χ1) is 12.9. The summed E-state index contributed by atoms with van der Waals surface area (Å²) < 4.78 is 18.3. The quantitative estimate of drug-likeness (QED) is 0.331. The zero-order chi connectivity index (χ0) is 20.1. The highest BCUT2D eigenvalue weighted by atomic mass is 28.4. The smallest absolute Gasteiger partial charge is 0.377 e. The normalized spacial score (nSPS) is 12.4. The van der Waals surface area contributed by atoms with Crippen LogP contribution < -0.4 is 14.5 Å². The standard InChI is InChI=1S/C21H34O4Si2/c1-7-26(8-2,9-3)24-18-14-13-17-15-20(21(22)23-19(17)16-18)25-27(10-4,11-5)12-6/h13-16H,7-12H2,1-6H3. The maximum absolute atomic E-state index is 12.5. The molecule has 0 fully saturated rings. The van der Waals surface area contributed by atoms with Gasteiger partial charge in [0.15, 0.2) is 5.75 Å². The molecule has 0 saturated heterocycles. The van der Waals surface area contributed by atoms with Crippen LogP contribution in [0.5, 0.6) is 11.5 Å². The molecule has 0 saturated carbocycles. The average Bonchev–Trinajstić information content (AvgIpc) is 2.71. The molecule has 0 atom stereocenters. The second-order valence-electron chi connectivity index (χ2n) is 7.29. The van der Waals surface area contributed by atoms with E-state index in [2.05, 4.69) is 41.5 Å². The Kier molecular flexibility index (Phi) is 7.34. The third-order valence-electron chi connectivity index (χ3n) is 6.20. The fourth-order valence-electron chi connectivity index (χ4n) is 3.62. The Morgan fingerprint density at radius 1 is 0.778 bits per heavy atom. The molecule has 2 aromatic rings. The van der Waals surface area contributed by atoms with Gasteiger partial charge in [0.25, 0.3) is 8.32 Å². The van der Waals surface area contributed by atoms with Crippen molar-refractivity contribution in [3.63, 3.8) is 0 Å². The summed E-state index contributed by atoms with van der Waals surface area (Å²) in [6.45, 7) is 13.1. The number of rotatable bonds is 10. The van der Waals surface area contributed by atoms with E-state index in [9.17, 15) is 4.79 Å². The lowest BCUT2D eigenvalue weighted by Crippen LogP contribution is -2.40. The Bertz CT molecular complexity index is 791. The van der Waals surface area contributed by atoms with Crippen LogP contribution in [0.4, 0.5) is 0 Å². The summed E-state index contributed by atoms with van der Waals surface area (Å²) in [5, 5.41) is 0.875. The third kappa shape index (κ3) is 4.66. The molecule has 2 rings (SSSR count). The van der Waals surface area contributed by atoms with E-state index < -0.39 is 22.3 Å². The van der Waals surface area contributed by atoms with Gasteiger partial charge in [-0.15, -0.1) is 0 Å². The second kappa shape index (κ2) is 9.10. The predicted octanol–water partition coefficient (Wildman–Crippen LogP) is 6.56. The molecule has 0 N–H and O–H groups in total. The van der Waals surface area contributed by atoms with Crippen LogP contribution >= 0.6 is 0 Å². The lowest BCUT2D eigenvalue weighted by molar-refractivity contribution is 0.469. The fourth-order valence-corrected chi connectivity index (χ4v) is 8.73. The number of hydrogen-bond donors (Lipinski definition) is 0. The summed E-state index contributed by atoms with van der Waals surface area (Å²) in [5.41, 5.74) is 0.171. The number of fused-ring (bicyclic) bond motifs is 1. The molecule has 0 radical (unpaired) electrons. The van der Waals surface area contributed by atoms with E-state index in [1.807, 2.05) is 24.3 Å². The van der Waals surface area contributed by atoms with E-state index in [-0.39, 0.29) is 0 Å². The summed E-state index contributed by atoms with van der Waals surface area (Å²) in [5.74, 6) is 1.16. The van der Waals surface area contributed by atoms with E-state index in [0.717, 1.165) is 47.4 Å². The van der Waals surface area contributed by atoms with Crippen molar-refractivity contribution >= 4 is 27.6 Å². The minimum absolute atomic E-state index is 0.354. The van der Waals surface area contributed by atoms with Crippen LogP contribution in [0.3, 0.4) is 0 Å². The van der Waals surface area contributed by atoms with Gasteiger partial charge in [0, 0.05) is 11.5 Å². The SMILES string of the molecule is CC[Si](CC)(CC)Oc1ccc2cc(O[Si](CC)(CC)CC)c(=O)oc2c1. The summed E-state index contributed by atoms with van der Waals surface area (Å²) in [6.07, 6.45) is 0. The van der Waals surface area contributed by atoms with Crippen LogP contribution in [0, 0.1) is 0 Å². The molecule has 1 aromatic heterocycles. The molecule has 0 aliphatic rings. The van der Waals surface area contributed by atoms with Gasteiger partial charge < -0.3 is 13.3 Å². The molecular formula is C21H34O4Si2. The van der Waals surface area contributed by atoms with E-state index in [1.54, 1.807) is 0 Å². The van der Waals surface area contributed by atoms with E-state index >= 15 is 0 Å². The van der Waals surface area contributed by atoms with Gasteiger partial charge in [-0.05, 0) is 54.5 Å². The zero-order valence-corrected chi connectivity index (χ0v) is 19.7. The first-order valence-corrected chi connectivity index (χ1v) is 15.4. The molecule has 0 amide bonds. The predicted molar refractivity (Wildman–Crippen MR) is 118 cm³/mol. The Morgan fingerprint density at radius 2 is 1.30 bits per heavy atom. The first kappa shape index (κ1) is 21.8. The first-order valence-electron chi connectivity index (χ1n) is 10.4. The van der Waals surface area contributed by atoms with Crippen LogP contribution in [-0.4, -0.2) is 16.6 Å². The van der Waals surface area contributed by atoms with Crippen molar-refractivity contribution in [1.29, 1.82) is 0 Å². The third-order valence-corrected chi connectivity index (χ3v) is 15.3. The monoisotopic (exact) mass is 406 g/mol. The van der Waals surface area contributed by atoms with Crippen molar-refractivity contribution in [2.75, 3.05) is 0 Å². The molecule has 1 heterocycles. The van der Waals surface area contributed by atoms with Gasteiger partial charge in [-0.1, -0.05) is 41.5 Å². The molecule has 0 unspecified atom stereocenters. The van der Waals surface area contributed by atoms with Gasteiger partial charge in [-0.3, -0.25) is 0 Å². The van der Waals surface area contributed by atoms with Gasteiger partial charge in [0.1, 0.15) is 11.3 Å². The van der Waals surface area contributed by atoms with Crippen molar-refractivity contribution in [3.8, 4) is 11.5 Å². The number of hydrogen-bond acceptors (Lipinski definition) is 4. The molecule has 4 nitrogen and oxygen atoms in total. The van der Waals surface area contributed by atoms with Crippen LogP contribution in [0.15, 0.2) is 33.5 Å². The zero-order valence-electron chi connectivity index (χ0n) is 17.7. The largest absolute Gasteiger partial charge is 0.543 e. The van der Waals surface area contributed by atoms with Gasteiger partial charge in [0.05, 0.1) is 0 Å². The highest BCUT2D eigenvalue weighted by Gasteiger charge is 2.32. The average molecular weight is 407 g/mol. The van der Waals surface area contributed by atoms with Crippen LogP contribution in [-0.2, 0) is 0 Å². The second-order valence-corrected chi connectivity index (χ2v) is 16.7. The molecule has 27 heavy (non-hydrogen) atoms.